The molecule has 3 heterocycles. The number of nitrogens with one attached hydrogen (secondary N) is 1. The first-order valence-corrected chi connectivity index (χ1v) is 12.8. The molecule has 39 heavy (non-hydrogen) atoms. The van der Waals surface area contributed by atoms with Crippen molar-refractivity contribution in [3.63, 3.8) is 0 Å². The molecule has 2 aromatic heterocycles. The predicted octanol–water partition coefficient (Wildman–Crippen LogP) is 3.40. The van der Waals surface area contributed by atoms with Gasteiger partial charge in [-0.05, 0) is 34.9 Å². The quantitative estimate of drug-likeness (QED) is 0.339. The van der Waals surface area contributed by atoms with Gasteiger partial charge in [-0.25, -0.2) is 0 Å². The number of hydrogen-bond donors (Lipinski definition) is 3. The molecule has 0 unspecified atom stereocenters. The van der Waals surface area contributed by atoms with Gasteiger partial charge >= 0.3 is 0 Å². The summed E-state index contributed by atoms with van der Waals surface area (Å²) in [7, 11) is 1.51. The van der Waals surface area contributed by atoms with Gasteiger partial charge in [-0.3, -0.25) is 9.97 Å². The molecule has 0 bridgehead atoms. The Hall–Kier alpha value is -4.29. The van der Waals surface area contributed by atoms with Gasteiger partial charge in [0.2, 0.25) is 0 Å². The standard InChI is InChI=1S/C31H28N4O4/c1-38-25-18-35-19-26-28(25)30(37)29(36)24(17-34-16-21-6-5-13-33-15-21)27(22-7-3-2-4-8-22)31(30,39-26)23-11-9-20(14-32)10-12-23/h2-13,15,18-19,24,27,29,34,36-37H,16-17H2,1H3/t24-,27-,29-,30+,31+/m1/s1. The monoisotopic (exact) mass is 520 g/mol. The SMILES string of the molecule is COc1cncc2c1[C@]1(O)[C@H](O)[C@H](CNCc3cccnc3)[C@@H](c3ccccc3)[C@]1(c1ccc(C#N)cc1)O2. The number of aromatic nitrogens is 2. The van der Waals surface area contributed by atoms with Gasteiger partial charge in [0.05, 0.1) is 42.8 Å². The Labute approximate surface area is 226 Å². The molecule has 1 aliphatic carbocycles. The highest BCUT2D eigenvalue weighted by Crippen LogP contribution is 2.69. The van der Waals surface area contributed by atoms with E-state index in [9.17, 15) is 15.5 Å². The van der Waals surface area contributed by atoms with E-state index in [2.05, 4.69) is 21.4 Å². The average molecular weight is 521 g/mol. The zero-order valence-corrected chi connectivity index (χ0v) is 21.4. The topological polar surface area (TPSA) is 121 Å². The molecule has 4 aromatic rings. The molecule has 3 N–H and O–H groups in total. The minimum Gasteiger partial charge on any atom is -0.495 e. The first-order chi connectivity index (χ1) is 19.0. The smallest absolute Gasteiger partial charge is 0.177 e. The molecule has 1 fully saturated rings. The van der Waals surface area contributed by atoms with Gasteiger partial charge in [0, 0.05) is 37.3 Å². The van der Waals surface area contributed by atoms with Crippen molar-refractivity contribution in [3.05, 3.63) is 119 Å². The summed E-state index contributed by atoms with van der Waals surface area (Å²) in [5.41, 5.74) is 0.101. The molecule has 5 atom stereocenters. The zero-order valence-electron chi connectivity index (χ0n) is 21.4. The first-order valence-electron chi connectivity index (χ1n) is 12.8. The van der Waals surface area contributed by atoms with E-state index in [4.69, 9.17) is 9.47 Å². The van der Waals surface area contributed by atoms with Crippen LogP contribution in [0.1, 0.15) is 33.7 Å². The number of fused-ring (bicyclic) bond motifs is 3. The van der Waals surface area contributed by atoms with Gasteiger partial charge < -0.3 is 25.0 Å². The van der Waals surface area contributed by atoms with Crippen LogP contribution in [0.15, 0.2) is 91.5 Å². The van der Waals surface area contributed by atoms with Crippen molar-refractivity contribution in [3.8, 4) is 17.6 Å². The molecule has 0 saturated heterocycles. The van der Waals surface area contributed by atoms with Crippen LogP contribution in [0.25, 0.3) is 0 Å². The van der Waals surface area contributed by atoms with Gasteiger partial charge in [0.1, 0.15) is 11.5 Å². The van der Waals surface area contributed by atoms with Crippen LogP contribution < -0.4 is 14.8 Å². The van der Waals surface area contributed by atoms with Crippen LogP contribution >= 0.6 is 0 Å². The van der Waals surface area contributed by atoms with Crippen molar-refractivity contribution in [2.24, 2.45) is 5.92 Å². The fourth-order valence-corrected chi connectivity index (χ4v) is 6.44. The lowest BCUT2D eigenvalue weighted by Crippen LogP contribution is -2.52. The largest absolute Gasteiger partial charge is 0.495 e. The van der Waals surface area contributed by atoms with Crippen LogP contribution in [0.2, 0.25) is 0 Å². The fourth-order valence-electron chi connectivity index (χ4n) is 6.44. The third-order valence-electron chi connectivity index (χ3n) is 8.05. The highest BCUT2D eigenvalue weighted by molar-refractivity contribution is 5.59. The summed E-state index contributed by atoms with van der Waals surface area (Å²) >= 11 is 0. The van der Waals surface area contributed by atoms with Crippen molar-refractivity contribution in [2.45, 2.75) is 29.8 Å². The number of nitriles is 1. The van der Waals surface area contributed by atoms with Crippen LogP contribution in [0.4, 0.5) is 0 Å². The maximum atomic E-state index is 12.8. The van der Waals surface area contributed by atoms with Crippen molar-refractivity contribution in [1.29, 1.82) is 5.26 Å². The molecule has 0 radical (unpaired) electrons. The lowest BCUT2D eigenvalue weighted by Gasteiger charge is -2.41. The maximum absolute atomic E-state index is 12.8. The number of benzene rings is 2. The number of nitrogens with zero attached hydrogens (tertiary/aromatic N) is 3. The maximum Gasteiger partial charge on any atom is 0.177 e. The van der Waals surface area contributed by atoms with Gasteiger partial charge in [-0.2, -0.15) is 5.26 Å². The summed E-state index contributed by atoms with van der Waals surface area (Å²) in [4.78, 5) is 8.45. The summed E-state index contributed by atoms with van der Waals surface area (Å²) < 4.78 is 12.4. The van der Waals surface area contributed by atoms with E-state index >= 15 is 0 Å². The van der Waals surface area contributed by atoms with Gasteiger partial charge in [0.25, 0.3) is 0 Å². The third-order valence-corrected chi connectivity index (χ3v) is 8.05. The summed E-state index contributed by atoms with van der Waals surface area (Å²) in [5.74, 6) is -0.260. The number of rotatable bonds is 7. The number of aliphatic hydroxyl groups excluding tert-OH is 1. The third kappa shape index (κ3) is 3.70. The molecule has 0 amide bonds. The van der Waals surface area contributed by atoms with Crippen molar-refractivity contribution >= 4 is 0 Å². The minimum atomic E-state index is -1.88. The average Bonchev–Trinajstić information content (AvgIpc) is 3.36. The Morgan fingerprint density at radius 2 is 1.82 bits per heavy atom. The summed E-state index contributed by atoms with van der Waals surface area (Å²) in [6.07, 6.45) is 5.35. The van der Waals surface area contributed by atoms with Crippen LogP contribution in [0, 0.1) is 17.2 Å². The Kier molecular flexibility index (Phi) is 6.28. The van der Waals surface area contributed by atoms with Crippen LogP contribution in [-0.4, -0.2) is 39.9 Å². The summed E-state index contributed by atoms with van der Waals surface area (Å²) in [6, 6.07) is 22.8. The lowest BCUT2D eigenvalue weighted by molar-refractivity contribution is -0.152. The van der Waals surface area contributed by atoms with Crippen LogP contribution in [0.3, 0.4) is 0 Å². The molecule has 1 aliphatic heterocycles. The Balaban J connectivity index is 1.54. The summed E-state index contributed by atoms with van der Waals surface area (Å²) in [5, 5.41) is 37.9. The van der Waals surface area contributed by atoms with Crippen molar-refractivity contribution in [2.75, 3.05) is 13.7 Å². The van der Waals surface area contributed by atoms with Gasteiger partial charge in [-0.15, -0.1) is 0 Å². The fraction of sp³-hybridized carbons (Fsp3) is 0.258. The minimum absolute atomic E-state index is 0.334. The van der Waals surface area contributed by atoms with E-state index in [1.807, 2.05) is 42.5 Å². The van der Waals surface area contributed by atoms with Crippen molar-refractivity contribution < 1.29 is 19.7 Å². The molecule has 8 nitrogen and oxygen atoms in total. The normalized spacial score (nSPS) is 26.8. The number of ether oxygens (including phenoxy) is 2. The van der Waals surface area contributed by atoms with Gasteiger partial charge in [-0.1, -0.05) is 48.5 Å². The molecule has 2 aliphatic rings. The highest BCUT2D eigenvalue weighted by atomic mass is 16.5. The lowest BCUT2D eigenvalue weighted by atomic mass is 9.70. The van der Waals surface area contributed by atoms with E-state index in [1.165, 1.54) is 13.3 Å². The Bertz CT molecular complexity index is 1510. The molecule has 8 heteroatoms. The Morgan fingerprint density at radius 1 is 1.03 bits per heavy atom. The molecule has 2 aromatic carbocycles. The molecular formula is C31H28N4O4. The molecule has 196 valence electrons. The van der Waals surface area contributed by atoms with Crippen LogP contribution in [-0.2, 0) is 17.7 Å². The molecule has 6 rings (SSSR count). The number of methoxy groups -OCH3 is 1. The van der Waals surface area contributed by atoms with Crippen molar-refractivity contribution in [1.82, 2.24) is 15.3 Å². The molecular weight excluding hydrogens is 492 g/mol. The van der Waals surface area contributed by atoms with Crippen LogP contribution in [0.5, 0.6) is 11.5 Å². The second-order valence-electron chi connectivity index (χ2n) is 10.00. The first kappa shape index (κ1) is 25.0. The number of hydrogen-bond acceptors (Lipinski definition) is 8. The molecule has 1 saturated carbocycles. The number of pyridine rings is 2. The van der Waals surface area contributed by atoms with Gasteiger partial charge in [0.15, 0.2) is 11.2 Å². The second kappa shape index (κ2) is 9.79. The zero-order chi connectivity index (χ0) is 27.0. The number of aliphatic hydroxyl groups is 2. The highest BCUT2D eigenvalue weighted by Gasteiger charge is 2.76. The Morgan fingerprint density at radius 3 is 2.51 bits per heavy atom. The van der Waals surface area contributed by atoms with E-state index in [0.717, 1.165) is 11.1 Å². The van der Waals surface area contributed by atoms with E-state index in [0.29, 0.717) is 41.3 Å². The van der Waals surface area contributed by atoms with E-state index in [1.54, 1.807) is 42.9 Å². The van der Waals surface area contributed by atoms with E-state index < -0.39 is 29.1 Å². The second-order valence-corrected chi connectivity index (χ2v) is 10.00. The predicted molar refractivity (Wildman–Crippen MR) is 143 cm³/mol. The summed E-state index contributed by atoms with van der Waals surface area (Å²) in [6.45, 7) is 0.938. The van der Waals surface area contributed by atoms with E-state index in [-0.39, 0.29) is 0 Å². The molecule has 0 spiro atoms.